The largest absolute Gasteiger partial charge is 0.497 e. The average Bonchev–Trinajstić information content (AvgIpc) is 3.29. The van der Waals surface area contributed by atoms with Crippen LogP contribution in [0.5, 0.6) is 11.5 Å². The second-order valence-corrected chi connectivity index (χ2v) is 11.6. The summed E-state index contributed by atoms with van der Waals surface area (Å²) in [7, 11) is 4.89. The van der Waals surface area contributed by atoms with E-state index < -0.39 is 5.54 Å². The van der Waals surface area contributed by atoms with Crippen molar-refractivity contribution in [3.8, 4) is 22.8 Å². The molecule has 9 nitrogen and oxygen atoms in total. The van der Waals surface area contributed by atoms with Crippen molar-refractivity contribution in [3.63, 3.8) is 0 Å². The molecule has 0 aliphatic carbocycles. The lowest BCUT2D eigenvalue weighted by molar-refractivity contribution is -0.123. The molecule has 2 amide bonds. The Balaban J connectivity index is 1.94. The van der Waals surface area contributed by atoms with Gasteiger partial charge in [0.15, 0.2) is 0 Å². The fraction of sp³-hybridized carbons (Fsp3) is 0.433. The molecule has 2 aromatic carbocycles. The van der Waals surface area contributed by atoms with Crippen molar-refractivity contribution in [2.45, 2.75) is 38.0 Å². The molecule has 214 valence electrons. The first-order valence-electron chi connectivity index (χ1n) is 13.3. The van der Waals surface area contributed by atoms with Crippen LogP contribution < -0.4 is 19.7 Å². The number of aromatic nitrogens is 2. The summed E-state index contributed by atoms with van der Waals surface area (Å²) in [5, 5.41) is 7.73. The van der Waals surface area contributed by atoms with Crippen molar-refractivity contribution in [1.82, 2.24) is 15.1 Å². The maximum atomic E-state index is 13.8. The highest BCUT2D eigenvalue weighted by molar-refractivity contribution is 8.00. The van der Waals surface area contributed by atoms with Crippen LogP contribution in [0.3, 0.4) is 0 Å². The van der Waals surface area contributed by atoms with Gasteiger partial charge in [-0.25, -0.2) is 4.68 Å². The third kappa shape index (κ3) is 6.28. The molecule has 0 saturated carbocycles. The highest BCUT2D eigenvalue weighted by atomic mass is 32.2. The van der Waals surface area contributed by atoms with Crippen molar-refractivity contribution in [2.75, 3.05) is 51.7 Å². The molecule has 0 fully saturated rings. The summed E-state index contributed by atoms with van der Waals surface area (Å²) in [5.74, 6) is 1.76. The molecule has 1 N–H and O–H groups in total. The molecular weight excluding hydrogens is 528 g/mol. The van der Waals surface area contributed by atoms with Gasteiger partial charge in [-0.3, -0.25) is 14.5 Å². The summed E-state index contributed by atoms with van der Waals surface area (Å²) >= 11 is 1.50. The van der Waals surface area contributed by atoms with Crippen molar-refractivity contribution in [3.05, 3.63) is 59.7 Å². The van der Waals surface area contributed by atoms with Crippen LogP contribution in [0.15, 0.2) is 48.5 Å². The molecule has 0 radical (unpaired) electrons. The number of carbonyl (C=O) groups excluding carboxylic acids is 2. The van der Waals surface area contributed by atoms with Crippen molar-refractivity contribution < 1.29 is 23.8 Å². The molecule has 1 aliphatic rings. The molecule has 10 heteroatoms. The summed E-state index contributed by atoms with van der Waals surface area (Å²) < 4.78 is 18.3. The first kappa shape index (κ1) is 29.5. The molecule has 3 aromatic rings. The molecule has 0 spiro atoms. The molecule has 0 unspecified atom stereocenters. The zero-order valence-corrected chi connectivity index (χ0v) is 24.8. The predicted octanol–water partition coefficient (Wildman–Crippen LogP) is 4.64. The van der Waals surface area contributed by atoms with Crippen LogP contribution in [0, 0.1) is 0 Å². The Morgan fingerprint density at radius 3 is 2.50 bits per heavy atom. The van der Waals surface area contributed by atoms with Gasteiger partial charge in [-0.2, -0.15) is 5.10 Å². The predicted molar refractivity (Wildman–Crippen MR) is 158 cm³/mol. The summed E-state index contributed by atoms with van der Waals surface area (Å²) in [6.07, 6.45) is 0.688. The Kier molecular flexibility index (Phi) is 9.42. The summed E-state index contributed by atoms with van der Waals surface area (Å²) in [4.78, 5) is 28.5. The summed E-state index contributed by atoms with van der Waals surface area (Å²) in [6.45, 7) is 7.03. The van der Waals surface area contributed by atoms with E-state index in [9.17, 15) is 9.59 Å². The molecule has 1 aliphatic heterocycles. The minimum Gasteiger partial charge on any atom is -0.497 e. The van der Waals surface area contributed by atoms with Gasteiger partial charge in [0.25, 0.3) is 0 Å². The Hall–Kier alpha value is -3.50. The van der Waals surface area contributed by atoms with Crippen molar-refractivity contribution in [2.24, 2.45) is 0 Å². The maximum absolute atomic E-state index is 13.8. The second kappa shape index (κ2) is 12.8. The number of rotatable bonds is 10. The van der Waals surface area contributed by atoms with E-state index in [4.69, 9.17) is 19.3 Å². The zero-order valence-electron chi connectivity index (χ0n) is 24.0. The fourth-order valence-electron chi connectivity index (χ4n) is 4.73. The third-order valence-electron chi connectivity index (χ3n) is 6.64. The number of anilines is 1. The lowest BCUT2D eigenvalue weighted by Gasteiger charge is -2.29. The molecule has 1 aromatic heterocycles. The summed E-state index contributed by atoms with van der Waals surface area (Å²) in [6, 6.07) is 15.6. The van der Waals surface area contributed by atoms with Gasteiger partial charge in [-0.1, -0.05) is 30.3 Å². The van der Waals surface area contributed by atoms with E-state index in [-0.39, 0.29) is 29.4 Å². The normalized spacial score (nSPS) is 15.4. The van der Waals surface area contributed by atoms with Crippen LogP contribution in [0.2, 0.25) is 0 Å². The Morgan fingerprint density at radius 1 is 1.10 bits per heavy atom. The number of nitrogens with zero attached hydrogens (tertiary/aromatic N) is 3. The number of benzene rings is 2. The SMILES string of the molecule is COCCCNC(=O)CN1C(=O)CS[C@@H](c2cc(OC)ccc2OC)c2c(-c3ccccc3)nn(C(C)(C)C)c21. The Bertz CT molecular complexity index is 1340. The standard InChI is InChI=1S/C30H38N4O5S/c1-30(2,3)34-29-26(27(32-34)20-11-8-7-9-12-20)28(22-17-21(38-5)13-14-23(22)39-6)40-19-25(36)33(29)18-24(35)31-15-10-16-37-4/h7-9,11-14,17,28H,10,15-16,18-19H2,1-6H3,(H,31,35)/t28-/m0/s1. The van der Waals surface area contributed by atoms with Crippen LogP contribution in [-0.4, -0.2) is 68.4 Å². The summed E-state index contributed by atoms with van der Waals surface area (Å²) in [5.41, 5.74) is 2.93. The number of hydrogen-bond donors (Lipinski definition) is 1. The molecule has 0 bridgehead atoms. The number of hydrogen-bond acceptors (Lipinski definition) is 7. The number of methoxy groups -OCH3 is 3. The fourth-order valence-corrected chi connectivity index (χ4v) is 5.94. The van der Waals surface area contributed by atoms with Gasteiger partial charge in [0.05, 0.1) is 36.5 Å². The monoisotopic (exact) mass is 566 g/mol. The number of thioether (sulfide) groups is 1. The number of carbonyl (C=O) groups is 2. The molecule has 1 atom stereocenters. The highest BCUT2D eigenvalue weighted by Crippen LogP contribution is 2.51. The first-order valence-corrected chi connectivity index (χ1v) is 14.3. The third-order valence-corrected chi connectivity index (χ3v) is 7.88. The Morgan fingerprint density at radius 2 is 1.85 bits per heavy atom. The molecule has 40 heavy (non-hydrogen) atoms. The van der Waals surface area contributed by atoms with Crippen LogP contribution in [0.4, 0.5) is 5.82 Å². The smallest absolute Gasteiger partial charge is 0.240 e. The highest BCUT2D eigenvalue weighted by Gasteiger charge is 2.40. The number of ether oxygens (including phenoxy) is 3. The van der Waals surface area contributed by atoms with Crippen LogP contribution in [0.25, 0.3) is 11.3 Å². The van der Waals surface area contributed by atoms with Crippen molar-refractivity contribution >= 4 is 29.4 Å². The van der Waals surface area contributed by atoms with E-state index in [2.05, 4.69) is 5.32 Å². The topological polar surface area (TPSA) is 94.9 Å². The van der Waals surface area contributed by atoms with E-state index in [1.54, 1.807) is 26.2 Å². The van der Waals surface area contributed by atoms with Gasteiger partial charge in [-0.05, 0) is 45.4 Å². The molecular formula is C30H38N4O5S. The maximum Gasteiger partial charge on any atom is 0.240 e. The van der Waals surface area contributed by atoms with Gasteiger partial charge in [0.2, 0.25) is 11.8 Å². The van der Waals surface area contributed by atoms with Gasteiger partial charge in [0.1, 0.15) is 23.9 Å². The second-order valence-electron chi connectivity index (χ2n) is 10.5. The lowest BCUT2D eigenvalue weighted by Crippen LogP contribution is -2.44. The molecule has 2 heterocycles. The number of fused-ring (bicyclic) bond motifs is 1. The minimum atomic E-state index is -0.484. The lowest BCUT2D eigenvalue weighted by atomic mass is 9.98. The molecule has 0 saturated heterocycles. The van der Waals surface area contributed by atoms with E-state index in [0.29, 0.717) is 36.9 Å². The van der Waals surface area contributed by atoms with Gasteiger partial charge in [0, 0.05) is 37.0 Å². The van der Waals surface area contributed by atoms with E-state index in [1.165, 1.54) is 11.8 Å². The number of amides is 2. The van der Waals surface area contributed by atoms with E-state index in [0.717, 1.165) is 22.4 Å². The minimum absolute atomic E-state index is 0.114. The van der Waals surface area contributed by atoms with E-state index >= 15 is 0 Å². The average molecular weight is 567 g/mol. The van der Waals surface area contributed by atoms with Gasteiger partial charge >= 0.3 is 0 Å². The zero-order chi connectivity index (χ0) is 28.9. The number of nitrogens with one attached hydrogen (secondary N) is 1. The van der Waals surface area contributed by atoms with Gasteiger partial charge < -0.3 is 19.5 Å². The van der Waals surface area contributed by atoms with Crippen molar-refractivity contribution in [1.29, 1.82) is 0 Å². The van der Waals surface area contributed by atoms with Crippen LogP contribution in [0.1, 0.15) is 43.6 Å². The molecule has 4 rings (SSSR count). The first-order chi connectivity index (χ1) is 19.2. The van der Waals surface area contributed by atoms with Gasteiger partial charge in [-0.15, -0.1) is 11.8 Å². The van der Waals surface area contributed by atoms with Crippen LogP contribution >= 0.6 is 11.8 Å². The Labute approximate surface area is 240 Å². The van der Waals surface area contributed by atoms with Crippen LogP contribution in [-0.2, 0) is 19.9 Å². The van der Waals surface area contributed by atoms with E-state index in [1.807, 2.05) is 74.0 Å². The quantitative estimate of drug-likeness (QED) is 0.357.